The van der Waals surface area contributed by atoms with Crippen LogP contribution >= 0.6 is 54.0 Å². The Kier molecular flexibility index (Phi) is 14.6. The normalized spacial score (nSPS) is 22.1. The lowest BCUT2D eigenvalue weighted by Crippen LogP contribution is -2.43. The number of aromatic nitrogens is 2. The largest absolute Gasteiger partial charge is 0.340 e. The first-order chi connectivity index (χ1) is 21.9. The number of nitrogens with zero attached hydrogens (tertiary/aromatic N) is 4. The number of benzene rings is 2. The second-order valence-corrected chi connectivity index (χ2v) is 13.8. The molecular formula is C38H53N5O2S4. The number of imidazole rings is 1. The zero-order valence-electron chi connectivity index (χ0n) is 28.8. The molecule has 0 radical (unpaired) electrons. The summed E-state index contributed by atoms with van der Waals surface area (Å²) in [5, 5.41) is 0. The number of hydrogen-bond acceptors (Lipinski definition) is 4. The van der Waals surface area contributed by atoms with Crippen LogP contribution in [-0.4, -0.2) is 55.9 Å². The van der Waals surface area contributed by atoms with E-state index in [0.717, 1.165) is 86.3 Å². The summed E-state index contributed by atoms with van der Waals surface area (Å²) < 4.78 is 0. The molecule has 4 aliphatic heterocycles. The van der Waals surface area contributed by atoms with Crippen LogP contribution in [0.25, 0.3) is 28.0 Å². The van der Waals surface area contributed by atoms with E-state index in [2.05, 4.69) is 84.1 Å². The fourth-order valence-electron chi connectivity index (χ4n) is 7.72. The molecule has 7 nitrogen and oxygen atoms in total. The van der Waals surface area contributed by atoms with E-state index in [1.807, 2.05) is 12.4 Å². The molecule has 0 aliphatic carbocycles. The molecule has 0 spiro atoms. The summed E-state index contributed by atoms with van der Waals surface area (Å²) in [5.74, 6) is 1.84. The lowest BCUT2D eigenvalue weighted by molar-refractivity contribution is -0.136. The van der Waals surface area contributed by atoms with Crippen molar-refractivity contribution in [1.29, 1.82) is 0 Å². The van der Waals surface area contributed by atoms with E-state index in [1.165, 1.54) is 16.7 Å². The zero-order valence-corrected chi connectivity index (χ0v) is 32.8. The number of rotatable bonds is 7. The number of allylic oxidation sites excluding steroid dienone is 1. The maximum atomic E-state index is 13.1. The third-order valence-corrected chi connectivity index (χ3v) is 10.7. The molecule has 2 aromatic carbocycles. The summed E-state index contributed by atoms with van der Waals surface area (Å²) in [7, 11) is 0. The van der Waals surface area contributed by atoms with Gasteiger partial charge in [0.2, 0.25) is 11.8 Å². The van der Waals surface area contributed by atoms with Crippen molar-refractivity contribution in [1.82, 2.24) is 19.8 Å². The van der Waals surface area contributed by atoms with Gasteiger partial charge < -0.3 is 14.8 Å². The van der Waals surface area contributed by atoms with Gasteiger partial charge in [0.1, 0.15) is 5.82 Å². The van der Waals surface area contributed by atoms with E-state index in [4.69, 9.17) is 9.98 Å². The molecule has 7 rings (SSSR count). The van der Waals surface area contributed by atoms with Gasteiger partial charge in [0, 0.05) is 43.3 Å². The smallest absolute Gasteiger partial charge is 0.226 e. The molecule has 3 saturated heterocycles. The molecule has 4 aliphatic rings. The number of hydrogen-bond donors (Lipinski definition) is 1. The van der Waals surface area contributed by atoms with E-state index >= 15 is 0 Å². The average molecular weight is 740 g/mol. The Morgan fingerprint density at radius 2 is 1.45 bits per heavy atom. The molecule has 3 fully saturated rings. The Balaban J connectivity index is 0.00000163. The van der Waals surface area contributed by atoms with Gasteiger partial charge in [0.25, 0.3) is 0 Å². The van der Waals surface area contributed by atoms with Crippen LogP contribution in [0.3, 0.4) is 0 Å². The van der Waals surface area contributed by atoms with Gasteiger partial charge in [0.05, 0.1) is 24.0 Å². The Hall–Kier alpha value is -2.60. The van der Waals surface area contributed by atoms with Crippen LogP contribution < -0.4 is 0 Å². The summed E-state index contributed by atoms with van der Waals surface area (Å²) in [6.07, 6.45) is 12.7. The fourth-order valence-corrected chi connectivity index (χ4v) is 7.72. The van der Waals surface area contributed by atoms with Crippen LogP contribution in [0.5, 0.6) is 0 Å². The van der Waals surface area contributed by atoms with E-state index in [-0.39, 0.29) is 83.8 Å². The summed E-state index contributed by atoms with van der Waals surface area (Å²) >= 11 is 0. The van der Waals surface area contributed by atoms with Gasteiger partial charge in [-0.05, 0) is 72.3 Å². The number of amides is 2. The number of carbonyl (C=O) groups is 2. The van der Waals surface area contributed by atoms with Gasteiger partial charge in [-0.1, -0.05) is 75.7 Å². The minimum Gasteiger partial charge on any atom is -0.340 e. The zero-order chi connectivity index (χ0) is 31.1. The predicted molar refractivity (Wildman–Crippen MR) is 221 cm³/mol. The first-order valence-electron chi connectivity index (χ1n) is 17.0. The van der Waals surface area contributed by atoms with Crippen molar-refractivity contribution in [2.45, 2.75) is 96.7 Å². The maximum Gasteiger partial charge on any atom is 0.226 e. The third-order valence-electron chi connectivity index (χ3n) is 10.7. The lowest BCUT2D eigenvalue weighted by atomic mass is 9.94. The highest BCUT2D eigenvalue weighted by Crippen LogP contribution is 2.40. The highest BCUT2D eigenvalue weighted by atomic mass is 32.1. The Morgan fingerprint density at radius 1 is 0.796 bits per heavy atom. The molecule has 2 amide bonds. The summed E-state index contributed by atoms with van der Waals surface area (Å²) in [4.78, 5) is 43.3. The number of aliphatic imine (C=N–C) groups is 1. The van der Waals surface area contributed by atoms with Gasteiger partial charge in [-0.3, -0.25) is 14.6 Å². The van der Waals surface area contributed by atoms with Crippen molar-refractivity contribution >= 4 is 77.1 Å². The van der Waals surface area contributed by atoms with Crippen LogP contribution in [0.4, 0.5) is 0 Å². The Bertz CT molecular complexity index is 1640. The van der Waals surface area contributed by atoms with E-state index < -0.39 is 0 Å². The summed E-state index contributed by atoms with van der Waals surface area (Å²) in [6.45, 7) is 7.14. The molecule has 11 heteroatoms. The Morgan fingerprint density at radius 3 is 2.12 bits per heavy atom. The van der Waals surface area contributed by atoms with Crippen LogP contribution in [-0.2, 0) is 9.59 Å². The van der Waals surface area contributed by atoms with Gasteiger partial charge in [-0.15, -0.1) is 0 Å². The van der Waals surface area contributed by atoms with Crippen molar-refractivity contribution in [2.24, 2.45) is 16.8 Å². The summed E-state index contributed by atoms with van der Waals surface area (Å²) in [5.41, 5.74) is 7.94. The molecule has 0 saturated carbocycles. The third kappa shape index (κ3) is 8.32. The maximum absolute atomic E-state index is 13.1. The van der Waals surface area contributed by atoms with E-state index in [1.54, 1.807) is 0 Å². The van der Waals surface area contributed by atoms with Gasteiger partial charge in [0.15, 0.2) is 0 Å². The lowest BCUT2D eigenvalue weighted by Gasteiger charge is -2.29. The van der Waals surface area contributed by atoms with Crippen LogP contribution in [0.1, 0.15) is 96.0 Å². The van der Waals surface area contributed by atoms with E-state index in [9.17, 15) is 9.59 Å². The number of likely N-dealkylation sites (tertiary alicyclic amines) is 1. The summed E-state index contributed by atoms with van der Waals surface area (Å²) in [6, 6.07) is 17.9. The first kappa shape index (κ1) is 40.8. The molecule has 0 unspecified atom stereocenters. The number of aromatic amines is 1. The monoisotopic (exact) mass is 739 g/mol. The highest BCUT2D eigenvalue weighted by Gasteiger charge is 2.40. The average Bonchev–Trinajstić information content (AvgIpc) is 3.87. The van der Waals surface area contributed by atoms with Crippen LogP contribution in [0.15, 0.2) is 65.9 Å². The number of H-pyrrole nitrogens is 1. The highest BCUT2D eigenvalue weighted by molar-refractivity contribution is 7.59. The Labute approximate surface area is 319 Å². The molecule has 1 aromatic heterocycles. The molecule has 5 heterocycles. The van der Waals surface area contributed by atoms with Crippen molar-refractivity contribution < 1.29 is 9.59 Å². The topological polar surface area (TPSA) is 81.7 Å². The molecule has 0 bridgehead atoms. The van der Waals surface area contributed by atoms with E-state index in [0.29, 0.717) is 18.4 Å². The van der Waals surface area contributed by atoms with Gasteiger partial charge in [-0.2, -0.15) is 54.0 Å². The quantitative estimate of drug-likeness (QED) is 0.265. The molecule has 266 valence electrons. The minimum absolute atomic E-state index is 0. The SMILES string of the molecule is CC(C)[C@H](C)C(=O)N1CCC[C@H]1C1=NC=C(c2ccc(-c3ccc(-c4cnc([C@@H]5CC[C@@H]6CCCCC(=O)N65)[nH]4)cc3)cc2)C1.S.S.S.S. The fraction of sp³-hybridized carbons (Fsp3) is 0.474. The first-order valence-corrected chi connectivity index (χ1v) is 17.0. The standard InChI is InChI=1S/C38H45N5O2.4H2S/c1-24(2)25(3)38(45)42-20-6-8-34(42)32-21-30(22-39-32)28-12-10-26(11-13-28)27-14-16-29(17-15-27)33-23-40-37(41-33)35-19-18-31-7-4-5-9-36(44)43(31)35;;;;/h10-17,22-25,31,34-35H,4-9,18-21H2,1-3H3,(H,40,41);4*1H2/t25-,31-,34-,35-;;;;/m0..../s1. The van der Waals surface area contributed by atoms with Crippen molar-refractivity contribution in [3.05, 3.63) is 72.3 Å². The number of nitrogens with one attached hydrogen (secondary N) is 1. The van der Waals surface area contributed by atoms with Crippen LogP contribution in [0.2, 0.25) is 0 Å². The predicted octanol–water partition coefficient (Wildman–Crippen LogP) is 8.27. The van der Waals surface area contributed by atoms with Crippen LogP contribution in [0, 0.1) is 11.8 Å². The van der Waals surface area contributed by atoms with Crippen molar-refractivity contribution in [2.75, 3.05) is 6.54 Å². The molecule has 4 atom stereocenters. The molecular weight excluding hydrogens is 687 g/mol. The van der Waals surface area contributed by atoms with Gasteiger partial charge >= 0.3 is 0 Å². The minimum atomic E-state index is 0. The molecule has 49 heavy (non-hydrogen) atoms. The van der Waals surface area contributed by atoms with Crippen molar-refractivity contribution in [3.8, 4) is 22.4 Å². The second-order valence-electron chi connectivity index (χ2n) is 13.8. The number of carbonyl (C=O) groups excluding carboxylic acids is 2. The van der Waals surface area contributed by atoms with Crippen molar-refractivity contribution in [3.63, 3.8) is 0 Å². The molecule has 3 aromatic rings. The second kappa shape index (κ2) is 17.6. The number of fused-ring (bicyclic) bond motifs is 1. The molecule has 1 N–H and O–H groups in total. The van der Waals surface area contributed by atoms with Gasteiger partial charge in [-0.25, -0.2) is 4.98 Å².